The lowest BCUT2D eigenvalue weighted by molar-refractivity contribution is 0.539. The van der Waals surface area contributed by atoms with Crippen LogP contribution in [0.15, 0.2) is 6.07 Å². The Morgan fingerprint density at radius 1 is 1.69 bits per heavy atom. The van der Waals surface area contributed by atoms with E-state index in [0.717, 1.165) is 18.8 Å². The minimum atomic E-state index is 0.543. The molecule has 3 heteroatoms. The quantitative estimate of drug-likeness (QED) is 0.748. The minimum Gasteiger partial charge on any atom is -0.309 e. The number of hydrogen-bond donors (Lipinski definition) is 1. The summed E-state index contributed by atoms with van der Waals surface area (Å²) < 4.78 is 2.11. The summed E-state index contributed by atoms with van der Waals surface area (Å²) in [6.07, 6.45) is 2.55. The van der Waals surface area contributed by atoms with Crippen molar-refractivity contribution in [1.29, 1.82) is 0 Å². The molecule has 0 radical (unpaired) electrons. The highest BCUT2D eigenvalue weighted by Crippen LogP contribution is 2.23. The van der Waals surface area contributed by atoms with Crippen LogP contribution in [0.4, 0.5) is 0 Å². The molecule has 13 heavy (non-hydrogen) atoms. The largest absolute Gasteiger partial charge is 0.309 e. The standard InChI is InChI=1S/C10H17N3/c1-3-13-10(7-8(2)12-13)9-5-4-6-11-9/h7,9,11H,3-6H2,1-2H3/t9-/m0/s1. The van der Waals surface area contributed by atoms with E-state index in [0.29, 0.717) is 6.04 Å². The second kappa shape index (κ2) is 3.50. The predicted octanol–water partition coefficient (Wildman–Crippen LogP) is 1.64. The molecule has 2 heterocycles. The molecule has 3 nitrogen and oxygen atoms in total. The van der Waals surface area contributed by atoms with Crippen LogP contribution in [0.25, 0.3) is 0 Å². The molecule has 0 saturated carbocycles. The maximum atomic E-state index is 4.45. The SMILES string of the molecule is CCn1nc(C)cc1[C@@H]1CCCN1. The number of nitrogens with one attached hydrogen (secondary N) is 1. The van der Waals surface area contributed by atoms with E-state index in [1.54, 1.807) is 0 Å². The van der Waals surface area contributed by atoms with Crippen molar-refractivity contribution in [3.8, 4) is 0 Å². The highest BCUT2D eigenvalue weighted by atomic mass is 15.3. The molecule has 1 aliphatic rings. The molecule has 1 aromatic heterocycles. The molecular formula is C10H17N3. The maximum absolute atomic E-state index is 4.45. The Hall–Kier alpha value is -0.830. The number of nitrogens with zero attached hydrogens (tertiary/aromatic N) is 2. The summed E-state index contributed by atoms with van der Waals surface area (Å²) in [5, 5.41) is 7.95. The van der Waals surface area contributed by atoms with Crippen LogP contribution in [0.1, 0.15) is 37.2 Å². The molecule has 1 fully saturated rings. The van der Waals surface area contributed by atoms with Crippen molar-refractivity contribution in [3.05, 3.63) is 17.5 Å². The van der Waals surface area contributed by atoms with Crippen LogP contribution in [-0.4, -0.2) is 16.3 Å². The molecule has 72 valence electrons. The lowest BCUT2D eigenvalue weighted by Crippen LogP contribution is -2.17. The van der Waals surface area contributed by atoms with Crippen LogP contribution in [0.5, 0.6) is 0 Å². The molecule has 1 N–H and O–H groups in total. The molecule has 0 amide bonds. The van der Waals surface area contributed by atoms with Gasteiger partial charge in [0.15, 0.2) is 0 Å². The van der Waals surface area contributed by atoms with Gasteiger partial charge in [0, 0.05) is 12.6 Å². The van der Waals surface area contributed by atoms with Gasteiger partial charge in [0.2, 0.25) is 0 Å². The fourth-order valence-corrected chi connectivity index (χ4v) is 2.04. The lowest BCUT2D eigenvalue weighted by atomic mass is 10.1. The van der Waals surface area contributed by atoms with Gasteiger partial charge in [0.05, 0.1) is 11.4 Å². The average Bonchev–Trinajstić information content (AvgIpc) is 2.71. The maximum Gasteiger partial charge on any atom is 0.0597 e. The van der Waals surface area contributed by atoms with Crippen LogP contribution in [0.3, 0.4) is 0 Å². The Bertz CT molecular complexity index is 284. The molecular weight excluding hydrogens is 162 g/mol. The number of aryl methyl sites for hydroxylation is 2. The minimum absolute atomic E-state index is 0.543. The van der Waals surface area contributed by atoms with Crippen LogP contribution in [-0.2, 0) is 6.54 Å². The van der Waals surface area contributed by atoms with Crippen LogP contribution in [0, 0.1) is 6.92 Å². The van der Waals surface area contributed by atoms with E-state index in [-0.39, 0.29) is 0 Å². The van der Waals surface area contributed by atoms with Gasteiger partial charge in [-0.05, 0) is 39.3 Å². The first-order valence-corrected chi connectivity index (χ1v) is 5.09. The van der Waals surface area contributed by atoms with Crippen molar-refractivity contribution in [2.24, 2.45) is 0 Å². The molecule has 0 spiro atoms. The zero-order valence-corrected chi connectivity index (χ0v) is 8.38. The van der Waals surface area contributed by atoms with Crippen LogP contribution < -0.4 is 5.32 Å². The van der Waals surface area contributed by atoms with Gasteiger partial charge >= 0.3 is 0 Å². The molecule has 1 aliphatic heterocycles. The van der Waals surface area contributed by atoms with Gasteiger partial charge in [-0.3, -0.25) is 4.68 Å². The van der Waals surface area contributed by atoms with Gasteiger partial charge in [0.25, 0.3) is 0 Å². The summed E-state index contributed by atoms with van der Waals surface area (Å²) >= 11 is 0. The van der Waals surface area contributed by atoms with Crippen molar-refractivity contribution in [1.82, 2.24) is 15.1 Å². The monoisotopic (exact) mass is 179 g/mol. The van der Waals surface area contributed by atoms with Gasteiger partial charge in [-0.15, -0.1) is 0 Å². The number of aromatic nitrogens is 2. The highest BCUT2D eigenvalue weighted by Gasteiger charge is 2.19. The predicted molar refractivity (Wildman–Crippen MR) is 52.6 cm³/mol. The molecule has 2 rings (SSSR count). The molecule has 1 aromatic rings. The summed E-state index contributed by atoms with van der Waals surface area (Å²) in [6, 6.07) is 2.74. The normalized spacial score (nSPS) is 22.5. The van der Waals surface area contributed by atoms with Gasteiger partial charge in [-0.1, -0.05) is 0 Å². The van der Waals surface area contributed by atoms with E-state index < -0.39 is 0 Å². The third kappa shape index (κ3) is 1.61. The Labute approximate surface area is 79.1 Å². The van der Waals surface area contributed by atoms with Crippen LogP contribution in [0.2, 0.25) is 0 Å². The number of rotatable bonds is 2. The van der Waals surface area contributed by atoms with E-state index in [1.165, 1.54) is 18.5 Å². The average molecular weight is 179 g/mol. The summed E-state index contributed by atoms with van der Waals surface area (Å²) in [7, 11) is 0. The van der Waals surface area contributed by atoms with Gasteiger partial charge < -0.3 is 5.32 Å². The topological polar surface area (TPSA) is 29.9 Å². The first kappa shape index (κ1) is 8.75. The first-order valence-electron chi connectivity index (χ1n) is 5.09. The Kier molecular flexibility index (Phi) is 2.36. The van der Waals surface area contributed by atoms with E-state index in [1.807, 2.05) is 0 Å². The van der Waals surface area contributed by atoms with E-state index in [2.05, 4.69) is 35.0 Å². The van der Waals surface area contributed by atoms with Crippen molar-refractivity contribution in [2.45, 2.75) is 39.3 Å². The van der Waals surface area contributed by atoms with Gasteiger partial charge in [0.1, 0.15) is 0 Å². The third-order valence-electron chi connectivity index (χ3n) is 2.65. The fraction of sp³-hybridized carbons (Fsp3) is 0.700. The highest BCUT2D eigenvalue weighted by molar-refractivity contribution is 5.14. The molecule has 1 saturated heterocycles. The summed E-state index contributed by atoms with van der Waals surface area (Å²) in [5.74, 6) is 0. The Morgan fingerprint density at radius 2 is 2.54 bits per heavy atom. The third-order valence-corrected chi connectivity index (χ3v) is 2.65. The second-order valence-corrected chi connectivity index (χ2v) is 3.68. The van der Waals surface area contributed by atoms with Crippen molar-refractivity contribution < 1.29 is 0 Å². The Morgan fingerprint density at radius 3 is 3.15 bits per heavy atom. The van der Waals surface area contributed by atoms with Gasteiger partial charge in [-0.2, -0.15) is 5.10 Å². The molecule has 1 atom stereocenters. The lowest BCUT2D eigenvalue weighted by Gasteiger charge is -2.11. The van der Waals surface area contributed by atoms with Crippen molar-refractivity contribution in [3.63, 3.8) is 0 Å². The zero-order chi connectivity index (χ0) is 9.26. The fourth-order valence-electron chi connectivity index (χ4n) is 2.04. The molecule has 0 aromatic carbocycles. The second-order valence-electron chi connectivity index (χ2n) is 3.68. The van der Waals surface area contributed by atoms with E-state index >= 15 is 0 Å². The van der Waals surface area contributed by atoms with E-state index in [4.69, 9.17) is 0 Å². The smallest absolute Gasteiger partial charge is 0.0597 e. The summed E-state index contributed by atoms with van der Waals surface area (Å²) in [4.78, 5) is 0. The molecule has 0 bridgehead atoms. The molecule has 0 aliphatic carbocycles. The van der Waals surface area contributed by atoms with Crippen LogP contribution >= 0.6 is 0 Å². The number of hydrogen-bond acceptors (Lipinski definition) is 2. The van der Waals surface area contributed by atoms with Crippen molar-refractivity contribution >= 4 is 0 Å². The van der Waals surface area contributed by atoms with Gasteiger partial charge in [-0.25, -0.2) is 0 Å². The zero-order valence-electron chi connectivity index (χ0n) is 8.38. The Balaban J connectivity index is 2.26. The van der Waals surface area contributed by atoms with Crippen molar-refractivity contribution in [2.75, 3.05) is 6.54 Å². The summed E-state index contributed by atoms with van der Waals surface area (Å²) in [6.45, 7) is 6.33. The van der Waals surface area contributed by atoms with E-state index in [9.17, 15) is 0 Å². The summed E-state index contributed by atoms with van der Waals surface area (Å²) in [5.41, 5.74) is 2.49. The molecule has 0 unspecified atom stereocenters. The first-order chi connectivity index (χ1) is 6.31.